The zero-order chi connectivity index (χ0) is 27.8. The van der Waals surface area contributed by atoms with E-state index in [1.54, 1.807) is 0 Å². The second-order valence-corrected chi connectivity index (χ2v) is 11.4. The summed E-state index contributed by atoms with van der Waals surface area (Å²) < 4.78 is 24.9. The number of ether oxygens (including phenoxy) is 1. The Labute approximate surface area is 225 Å². The van der Waals surface area contributed by atoms with Crippen LogP contribution in [0.4, 0.5) is 0 Å². The molecule has 0 bridgehead atoms. The smallest absolute Gasteiger partial charge is 0.483 e. The summed E-state index contributed by atoms with van der Waals surface area (Å²) in [4.78, 5) is 15.7. The molecule has 1 saturated heterocycles. The second-order valence-electron chi connectivity index (χ2n) is 11.4. The molecule has 0 radical (unpaired) electrons. The molecule has 8 heteroatoms. The van der Waals surface area contributed by atoms with Gasteiger partial charge in [0.1, 0.15) is 5.75 Å². The summed E-state index contributed by atoms with van der Waals surface area (Å²) in [6, 6.07) is 13.7. The number of rotatable bonds is 9. The first-order valence-electron chi connectivity index (χ1n) is 13.2. The topological polar surface area (TPSA) is 91.0 Å². The minimum atomic E-state index is -0.802. The van der Waals surface area contributed by atoms with Crippen LogP contribution in [0.3, 0.4) is 0 Å². The van der Waals surface area contributed by atoms with Gasteiger partial charge >= 0.3 is 13.1 Å². The van der Waals surface area contributed by atoms with Crippen LogP contribution in [0.15, 0.2) is 46.9 Å². The fourth-order valence-electron chi connectivity index (χ4n) is 4.46. The second kappa shape index (κ2) is 10.6. The molecule has 1 aliphatic heterocycles. The number of hydrogen-bond donors (Lipinski definition) is 1. The van der Waals surface area contributed by atoms with Crippen LogP contribution >= 0.6 is 0 Å². The number of carboxylic acid groups (broad SMARTS) is 1. The Hall–Kier alpha value is -3.10. The molecule has 1 aliphatic rings. The van der Waals surface area contributed by atoms with Crippen LogP contribution in [-0.2, 0) is 20.5 Å². The van der Waals surface area contributed by atoms with Crippen molar-refractivity contribution in [1.82, 2.24) is 4.98 Å². The number of carbonyl (C=O) groups is 1. The summed E-state index contributed by atoms with van der Waals surface area (Å²) in [5.41, 5.74) is 3.88. The van der Waals surface area contributed by atoms with Gasteiger partial charge in [0.2, 0.25) is 5.89 Å². The van der Waals surface area contributed by atoms with Crippen molar-refractivity contribution in [3.8, 4) is 17.2 Å². The summed E-state index contributed by atoms with van der Waals surface area (Å²) in [7, 11) is -0.423. The largest absolute Gasteiger partial charge is 0.494 e. The first-order chi connectivity index (χ1) is 17.8. The van der Waals surface area contributed by atoms with Crippen LogP contribution in [0.2, 0.25) is 0 Å². The monoisotopic (exact) mass is 519 g/mol. The Bertz CT molecular complexity index is 1280. The maximum Gasteiger partial charge on any atom is 0.494 e. The van der Waals surface area contributed by atoms with E-state index in [1.807, 2.05) is 84.0 Å². The van der Waals surface area contributed by atoms with Crippen molar-refractivity contribution in [1.29, 1.82) is 0 Å². The van der Waals surface area contributed by atoms with Crippen LogP contribution in [0.1, 0.15) is 89.5 Å². The highest BCUT2D eigenvalue weighted by atomic mass is 16.7. The number of hydrogen-bond acceptors (Lipinski definition) is 6. The fourth-order valence-corrected chi connectivity index (χ4v) is 4.46. The van der Waals surface area contributed by atoms with Gasteiger partial charge in [-0.1, -0.05) is 32.0 Å². The molecule has 38 heavy (non-hydrogen) atoms. The Balaban J connectivity index is 1.52. The molecule has 1 aromatic heterocycles. The van der Waals surface area contributed by atoms with Crippen molar-refractivity contribution in [2.45, 2.75) is 91.5 Å². The van der Waals surface area contributed by atoms with E-state index in [0.717, 1.165) is 27.8 Å². The van der Waals surface area contributed by atoms with Crippen LogP contribution in [0.5, 0.6) is 5.75 Å². The third-order valence-corrected chi connectivity index (χ3v) is 7.52. The van der Waals surface area contributed by atoms with Gasteiger partial charge in [-0.15, -0.1) is 0 Å². The highest BCUT2D eigenvalue weighted by molar-refractivity contribution is 6.62. The molecule has 0 aliphatic carbocycles. The maximum atomic E-state index is 10.9. The fraction of sp³-hybridized carbons (Fsp3) is 0.467. The summed E-state index contributed by atoms with van der Waals surface area (Å²) in [6.45, 7) is 16.3. The summed E-state index contributed by atoms with van der Waals surface area (Å²) >= 11 is 0. The normalized spacial score (nSPS) is 17.1. The standard InChI is InChI=1S/C30H38BNO6/c1-18(2)26-27(20(4)35-24-15-11-21(19(3)17-24)12-16-25(33)34)36-28(32-26)22-9-13-23(14-10-22)31-37-29(5,6)30(7,8)38-31/h9-11,13-15,17-18,20H,12,16H2,1-8H3,(H,33,34). The lowest BCUT2D eigenvalue weighted by Crippen LogP contribution is -2.41. The van der Waals surface area contributed by atoms with Gasteiger partial charge in [0.05, 0.1) is 16.9 Å². The summed E-state index contributed by atoms with van der Waals surface area (Å²) in [5.74, 6) is 1.28. The number of aliphatic carboxylic acids is 1. The first kappa shape index (κ1) is 27.9. The molecule has 4 rings (SSSR count). The number of aromatic nitrogens is 1. The van der Waals surface area contributed by atoms with Crippen LogP contribution in [0, 0.1) is 6.92 Å². The molecule has 3 aromatic rings. The van der Waals surface area contributed by atoms with Gasteiger partial charge in [0.25, 0.3) is 0 Å². The molecule has 7 nitrogen and oxygen atoms in total. The zero-order valence-corrected chi connectivity index (χ0v) is 23.6. The van der Waals surface area contributed by atoms with Gasteiger partial charge in [-0.2, -0.15) is 0 Å². The third kappa shape index (κ3) is 5.81. The van der Waals surface area contributed by atoms with E-state index in [4.69, 9.17) is 28.6 Å². The van der Waals surface area contributed by atoms with Crippen molar-refractivity contribution in [3.05, 3.63) is 65.0 Å². The average molecular weight is 519 g/mol. The lowest BCUT2D eigenvalue weighted by Gasteiger charge is -2.32. The Morgan fingerprint density at radius 3 is 2.21 bits per heavy atom. The van der Waals surface area contributed by atoms with Crippen molar-refractivity contribution in [3.63, 3.8) is 0 Å². The van der Waals surface area contributed by atoms with Crippen LogP contribution in [-0.4, -0.2) is 34.4 Å². The summed E-state index contributed by atoms with van der Waals surface area (Å²) in [6.07, 6.45) is 0.239. The van der Waals surface area contributed by atoms with Gasteiger partial charge in [0, 0.05) is 12.0 Å². The SMILES string of the molecule is Cc1cc(OC(C)c2oc(-c3ccc(B4OC(C)(C)C(C)(C)O4)cc3)nc2C(C)C)ccc1CCC(=O)O. The molecular weight excluding hydrogens is 481 g/mol. The Kier molecular flexibility index (Phi) is 7.78. The molecule has 0 spiro atoms. The van der Waals surface area contributed by atoms with Gasteiger partial charge in [0.15, 0.2) is 11.9 Å². The molecule has 0 amide bonds. The minimum absolute atomic E-state index is 0.105. The number of benzene rings is 2. The summed E-state index contributed by atoms with van der Waals surface area (Å²) in [5, 5.41) is 8.97. The number of carboxylic acids is 1. The van der Waals surface area contributed by atoms with Gasteiger partial charge < -0.3 is 23.6 Å². The molecule has 2 heterocycles. The van der Waals surface area contributed by atoms with E-state index in [9.17, 15) is 4.79 Å². The van der Waals surface area contributed by atoms with E-state index in [2.05, 4.69) is 13.8 Å². The first-order valence-corrected chi connectivity index (χ1v) is 13.2. The Morgan fingerprint density at radius 1 is 1.03 bits per heavy atom. The van der Waals surface area contributed by atoms with Gasteiger partial charge in [-0.25, -0.2) is 4.98 Å². The number of oxazole rings is 1. The predicted molar refractivity (Wildman–Crippen MR) is 148 cm³/mol. The van der Waals surface area contributed by atoms with Gasteiger partial charge in [-0.3, -0.25) is 4.79 Å². The molecule has 0 saturated carbocycles. The van der Waals surface area contributed by atoms with Crippen molar-refractivity contribution < 1.29 is 28.4 Å². The molecule has 1 fully saturated rings. The van der Waals surface area contributed by atoms with E-state index >= 15 is 0 Å². The minimum Gasteiger partial charge on any atom is -0.483 e. The molecule has 1 atom stereocenters. The predicted octanol–water partition coefficient (Wildman–Crippen LogP) is 6.23. The third-order valence-electron chi connectivity index (χ3n) is 7.52. The van der Waals surface area contributed by atoms with Gasteiger partial charge in [-0.05, 0) is 94.7 Å². The number of nitrogens with zero attached hydrogens (tertiary/aromatic N) is 1. The molecule has 202 valence electrons. The van der Waals surface area contributed by atoms with Crippen molar-refractivity contribution in [2.24, 2.45) is 0 Å². The van der Waals surface area contributed by atoms with Crippen molar-refractivity contribution >= 4 is 18.6 Å². The van der Waals surface area contributed by atoms with E-state index in [1.165, 1.54) is 0 Å². The van der Waals surface area contributed by atoms with E-state index in [-0.39, 0.29) is 18.4 Å². The van der Waals surface area contributed by atoms with E-state index in [0.29, 0.717) is 23.8 Å². The highest BCUT2D eigenvalue weighted by Gasteiger charge is 2.51. The lowest BCUT2D eigenvalue weighted by molar-refractivity contribution is -0.136. The Morgan fingerprint density at radius 2 is 1.66 bits per heavy atom. The molecule has 1 unspecified atom stereocenters. The quantitative estimate of drug-likeness (QED) is 0.335. The molecular formula is C30H38BNO6. The van der Waals surface area contributed by atoms with Crippen molar-refractivity contribution in [2.75, 3.05) is 0 Å². The molecule has 2 aromatic carbocycles. The van der Waals surface area contributed by atoms with Crippen LogP contribution in [0.25, 0.3) is 11.5 Å². The lowest BCUT2D eigenvalue weighted by atomic mass is 9.79. The zero-order valence-electron chi connectivity index (χ0n) is 23.6. The number of aryl methyl sites for hydroxylation is 2. The average Bonchev–Trinajstić information content (AvgIpc) is 3.37. The maximum absolute atomic E-state index is 10.9. The molecule has 1 N–H and O–H groups in total. The highest BCUT2D eigenvalue weighted by Crippen LogP contribution is 2.37. The van der Waals surface area contributed by atoms with E-state index < -0.39 is 24.3 Å². The van der Waals surface area contributed by atoms with Crippen LogP contribution < -0.4 is 10.2 Å².